The molecule has 17 heavy (non-hydrogen) atoms. The van der Waals surface area contributed by atoms with E-state index < -0.39 is 0 Å². The average molecular weight is 229 g/mol. The second-order valence-electron chi connectivity index (χ2n) is 4.32. The van der Waals surface area contributed by atoms with Gasteiger partial charge in [-0.2, -0.15) is 0 Å². The first-order valence-corrected chi connectivity index (χ1v) is 5.68. The van der Waals surface area contributed by atoms with E-state index in [0.717, 1.165) is 27.8 Å². The van der Waals surface area contributed by atoms with Crippen molar-refractivity contribution in [2.75, 3.05) is 0 Å². The molecule has 0 fully saturated rings. The van der Waals surface area contributed by atoms with Gasteiger partial charge in [0.1, 0.15) is 5.82 Å². The van der Waals surface area contributed by atoms with Crippen molar-refractivity contribution in [3.63, 3.8) is 0 Å². The molecule has 0 aliphatic carbocycles. The van der Waals surface area contributed by atoms with Crippen molar-refractivity contribution < 1.29 is 4.39 Å². The molecular weight excluding hydrogens is 213 g/mol. The number of benzene rings is 2. The summed E-state index contributed by atoms with van der Waals surface area (Å²) in [5.41, 5.74) is 11.0. The van der Waals surface area contributed by atoms with Gasteiger partial charge in [0.25, 0.3) is 0 Å². The minimum Gasteiger partial charge on any atom is -0.326 e. The van der Waals surface area contributed by atoms with E-state index in [2.05, 4.69) is 6.07 Å². The van der Waals surface area contributed by atoms with Gasteiger partial charge < -0.3 is 5.73 Å². The van der Waals surface area contributed by atoms with E-state index in [-0.39, 0.29) is 5.82 Å². The van der Waals surface area contributed by atoms with Crippen molar-refractivity contribution in [1.82, 2.24) is 0 Å². The third-order valence-corrected chi connectivity index (χ3v) is 2.98. The molecule has 0 spiro atoms. The van der Waals surface area contributed by atoms with E-state index in [0.29, 0.717) is 6.54 Å². The topological polar surface area (TPSA) is 26.0 Å². The minimum atomic E-state index is -0.213. The highest BCUT2D eigenvalue weighted by atomic mass is 19.1. The van der Waals surface area contributed by atoms with E-state index in [9.17, 15) is 4.39 Å². The number of hydrogen-bond acceptors (Lipinski definition) is 1. The lowest BCUT2D eigenvalue weighted by atomic mass is 9.94. The van der Waals surface area contributed by atoms with Crippen LogP contribution in [0.15, 0.2) is 36.4 Å². The van der Waals surface area contributed by atoms with Crippen LogP contribution in [0.5, 0.6) is 0 Å². The van der Waals surface area contributed by atoms with Crippen LogP contribution in [0.4, 0.5) is 4.39 Å². The zero-order valence-corrected chi connectivity index (χ0v) is 10.1. The average Bonchev–Trinajstić information content (AvgIpc) is 2.32. The Bertz CT molecular complexity index is 547. The van der Waals surface area contributed by atoms with Crippen LogP contribution in [0.3, 0.4) is 0 Å². The standard InChI is InChI=1S/C15H16FN/c1-10-3-5-12(9-17)15(7-10)14-8-13(16)6-4-11(14)2/h3-8H,9,17H2,1-2H3. The van der Waals surface area contributed by atoms with Crippen LogP contribution < -0.4 is 5.73 Å². The van der Waals surface area contributed by atoms with E-state index in [1.54, 1.807) is 12.1 Å². The summed E-state index contributed by atoms with van der Waals surface area (Å²) in [6.07, 6.45) is 0. The molecular formula is C15H16FN. The first-order chi connectivity index (χ1) is 8.11. The largest absolute Gasteiger partial charge is 0.326 e. The number of nitrogens with two attached hydrogens (primary N) is 1. The Morgan fingerprint density at radius 2 is 1.76 bits per heavy atom. The molecule has 2 aromatic rings. The monoisotopic (exact) mass is 229 g/mol. The van der Waals surface area contributed by atoms with E-state index >= 15 is 0 Å². The number of hydrogen-bond donors (Lipinski definition) is 1. The van der Waals surface area contributed by atoms with E-state index in [1.165, 1.54) is 6.07 Å². The molecule has 0 atom stereocenters. The summed E-state index contributed by atoms with van der Waals surface area (Å²) in [4.78, 5) is 0. The summed E-state index contributed by atoms with van der Waals surface area (Å²) in [6, 6.07) is 11.0. The maximum absolute atomic E-state index is 13.3. The molecule has 0 heterocycles. The van der Waals surface area contributed by atoms with Crippen LogP contribution in [0, 0.1) is 19.7 Å². The third kappa shape index (κ3) is 2.37. The Labute approximate surface area is 101 Å². The van der Waals surface area contributed by atoms with Gasteiger partial charge >= 0.3 is 0 Å². The molecule has 0 saturated carbocycles. The predicted molar refractivity (Wildman–Crippen MR) is 69.2 cm³/mol. The maximum atomic E-state index is 13.3. The molecule has 0 aliphatic rings. The molecule has 0 aliphatic heterocycles. The van der Waals surface area contributed by atoms with Gasteiger partial charge in [0, 0.05) is 6.54 Å². The zero-order valence-electron chi connectivity index (χ0n) is 10.1. The normalized spacial score (nSPS) is 10.6. The lowest BCUT2D eigenvalue weighted by Gasteiger charge is -2.12. The Balaban J connectivity index is 2.66. The Kier molecular flexibility index (Phi) is 3.25. The molecule has 2 aromatic carbocycles. The first-order valence-electron chi connectivity index (χ1n) is 5.68. The summed E-state index contributed by atoms with van der Waals surface area (Å²) in [7, 11) is 0. The van der Waals surface area contributed by atoms with Gasteiger partial charge in [-0.25, -0.2) is 4.39 Å². The molecule has 0 unspecified atom stereocenters. The third-order valence-electron chi connectivity index (χ3n) is 2.98. The lowest BCUT2D eigenvalue weighted by Crippen LogP contribution is -2.00. The van der Waals surface area contributed by atoms with Crippen molar-refractivity contribution in [3.8, 4) is 11.1 Å². The second kappa shape index (κ2) is 4.68. The lowest BCUT2D eigenvalue weighted by molar-refractivity contribution is 0.628. The van der Waals surface area contributed by atoms with Gasteiger partial charge in [-0.1, -0.05) is 29.8 Å². The van der Waals surface area contributed by atoms with E-state index in [1.807, 2.05) is 26.0 Å². The molecule has 0 aromatic heterocycles. The van der Waals surface area contributed by atoms with Gasteiger partial charge in [0.15, 0.2) is 0 Å². The number of halogens is 1. The minimum absolute atomic E-state index is 0.213. The smallest absolute Gasteiger partial charge is 0.123 e. The fourth-order valence-electron chi connectivity index (χ4n) is 2.00. The zero-order chi connectivity index (χ0) is 12.4. The van der Waals surface area contributed by atoms with E-state index in [4.69, 9.17) is 5.73 Å². The van der Waals surface area contributed by atoms with Crippen molar-refractivity contribution >= 4 is 0 Å². The summed E-state index contributed by atoms with van der Waals surface area (Å²) < 4.78 is 13.3. The maximum Gasteiger partial charge on any atom is 0.123 e. The molecule has 2 rings (SSSR count). The van der Waals surface area contributed by atoms with Gasteiger partial charge in [0.2, 0.25) is 0 Å². The molecule has 2 heteroatoms. The van der Waals surface area contributed by atoms with Gasteiger partial charge in [-0.3, -0.25) is 0 Å². The van der Waals surface area contributed by atoms with Crippen LogP contribution in [0.1, 0.15) is 16.7 Å². The first kappa shape index (κ1) is 11.8. The summed E-state index contributed by atoms with van der Waals surface area (Å²) in [5.74, 6) is -0.213. The van der Waals surface area contributed by atoms with Crippen molar-refractivity contribution in [2.24, 2.45) is 5.73 Å². The molecule has 0 radical (unpaired) electrons. The fourth-order valence-corrected chi connectivity index (χ4v) is 2.00. The summed E-state index contributed by atoms with van der Waals surface area (Å²) in [6.45, 7) is 4.47. The van der Waals surface area contributed by atoms with Crippen LogP contribution >= 0.6 is 0 Å². The van der Waals surface area contributed by atoms with Crippen molar-refractivity contribution in [1.29, 1.82) is 0 Å². The highest BCUT2D eigenvalue weighted by Gasteiger charge is 2.08. The van der Waals surface area contributed by atoms with Crippen molar-refractivity contribution in [2.45, 2.75) is 20.4 Å². The van der Waals surface area contributed by atoms with Crippen LogP contribution in [-0.2, 0) is 6.54 Å². The number of aryl methyl sites for hydroxylation is 2. The Morgan fingerprint density at radius 1 is 1.00 bits per heavy atom. The summed E-state index contributed by atoms with van der Waals surface area (Å²) in [5, 5.41) is 0. The highest BCUT2D eigenvalue weighted by Crippen LogP contribution is 2.28. The molecule has 0 saturated heterocycles. The van der Waals surface area contributed by atoms with Gasteiger partial charge in [0.05, 0.1) is 0 Å². The van der Waals surface area contributed by atoms with Gasteiger partial charge in [-0.05, 0) is 48.2 Å². The summed E-state index contributed by atoms with van der Waals surface area (Å²) >= 11 is 0. The highest BCUT2D eigenvalue weighted by molar-refractivity contribution is 5.71. The number of rotatable bonds is 2. The van der Waals surface area contributed by atoms with Gasteiger partial charge in [-0.15, -0.1) is 0 Å². The predicted octanol–water partition coefficient (Wildman–Crippen LogP) is 3.57. The second-order valence-corrected chi connectivity index (χ2v) is 4.32. The Morgan fingerprint density at radius 3 is 2.47 bits per heavy atom. The quantitative estimate of drug-likeness (QED) is 0.837. The molecule has 2 N–H and O–H groups in total. The molecule has 0 amide bonds. The van der Waals surface area contributed by atoms with Crippen molar-refractivity contribution in [3.05, 3.63) is 58.9 Å². The molecule has 1 nitrogen and oxygen atoms in total. The van der Waals surface area contributed by atoms with Crippen LogP contribution in [0.2, 0.25) is 0 Å². The fraction of sp³-hybridized carbons (Fsp3) is 0.200. The SMILES string of the molecule is Cc1ccc(CN)c(-c2cc(F)ccc2C)c1. The van der Waals surface area contributed by atoms with Crippen LogP contribution in [0.25, 0.3) is 11.1 Å². The van der Waals surface area contributed by atoms with Crippen LogP contribution in [-0.4, -0.2) is 0 Å². The molecule has 0 bridgehead atoms. The Hall–Kier alpha value is -1.67. The molecule has 88 valence electrons.